The van der Waals surface area contributed by atoms with Gasteiger partial charge in [-0.2, -0.15) is 0 Å². The Hall–Kier alpha value is -1.80. The van der Waals surface area contributed by atoms with E-state index in [1.54, 1.807) is 6.07 Å². The maximum Gasteiger partial charge on any atom is 0.228 e. The molecule has 2 aromatic rings. The van der Waals surface area contributed by atoms with Crippen LogP contribution in [0, 0.1) is 13.8 Å². The van der Waals surface area contributed by atoms with Crippen LogP contribution >= 0.6 is 11.6 Å². The molecule has 3 heteroatoms. The molecule has 1 N–H and O–H groups in total. The number of anilines is 1. The topological polar surface area (TPSA) is 29.1 Å². The molecule has 2 rings (SSSR count). The number of amides is 1. The number of carbonyl (C=O) groups is 1. The van der Waals surface area contributed by atoms with Gasteiger partial charge in [-0.1, -0.05) is 41.4 Å². The van der Waals surface area contributed by atoms with Crippen molar-refractivity contribution in [1.29, 1.82) is 0 Å². The van der Waals surface area contributed by atoms with E-state index in [-0.39, 0.29) is 5.91 Å². The number of halogens is 1. The van der Waals surface area contributed by atoms with Crippen molar-refractivity contribution in [1.82, 2.24) is 0 Å². The van der Waals surface area contributed by atoms with Crippen LogP contribution in [0.3, 0.4) is 0 Å². The molecular formula is C16H16ClNO. The third kappa shape index (κ3) is 3.83. The first-order valence-electron chi connectivity index (χ1n) is 6.16. The van der Waals surface area contributed by atoms with Gasteiger partial charge in [0.2, 0.25) is 5.91 Å². The lowest BCUT2D eigenvalue weighted by atomic mass is 10.1. The van der Waals surface area contributed by atoms with E-state index in [0.717, 1.165) is 16.8 Å². The average molecular weight is 274 g/mol. The molecule has 0 aromatic heterocycles. The van der Waals surface area contributed by atoms with Crippen LogP contribution in [0.2, 0.25) is 5.02 Å². The van der Waals surface area contributed by atoms with E-state index in [2.05, 4.69) is 11.4 Å². The monoisotopic (exact) mass is 273 g/mol. The molecule has 0 unspecified atom stereocenters. The molecule has 1 amide bonds. The van der Waals surface area contributed by atoms with Gasteiger partial charge >= 0.3 is 0 Å². The molecule has 98 valence electrons. The summed E-state index contributed by atoms with van der Waals surface area (Å²) < 4.78 is 0. The molecule has 2 aromatic carbocycles. The fourth-order valence-electron chi connectivity index (χ4n) is 1.98. The van der Waals surface area contributed by atoms with Gasteiger partial charge in [0.05, 0.1) is 6.42 Å². The molecule has 0 saturated carbocycles. The van der Waals surface area contributed by atoms with Crippen molar-refractivity contribution in [3.05, 3.63) is 64.2 Å². The molecule has 19 heavy (non-hydrogen) atoms. The first kappa shape index (κ1) is 13.6. The molecule has 0 atom stereocenters. The highest BCUT2D eigenvalue weighted by Crippen LogP contribution is 2.17. The van der Waals surface area contributed by atoms with Crippen molar-refractivity contribution in [3.63, 3.8) is 0 Å². The van der Waals surface area contributed by atoms with Crippen molar-refractivity contribution >= 4 is 23.2 Å². The molecule has 0 saturated heterocycles. The summed E-state index contributed by atoms with van der Waals surface area (Å²) in [5, 5.41) is 3.57. The lowest BCUT2D eigenvalue weighted by Crippen LogP contribution is -2.15. The second kappa shape index (κ2) is 5.89. The molecule has 0 aliphatic heterocycles. The van der Waals surface area contributed by atoms with Gasteiger partial charge in [0.1, 0.15) is 0 Å². The van der Waals surface area contributed by atoms with Crippen LogP contribution in [0.1, 0.15) is 16.7 Å². The van der Waals surface area contributed by atoms with Crippen LogP contribution in [-0.2, 0) is 11.2 Å². The molecule has 0 aliphatic carbocycles. The standard InChI is InChI=1S/C16H16ClNO/c1-11-6-7-15(12(2)8-11)18-16(19)10-13-4-3-5-14(17)9-13/h3-9H,10H2,1-2H3,(H,18,19). The molecule has 0 heterocycles. The smallest absolute Gasteiger partial charge is 0.228 e. The molecule has 0 spiro atoms. The molecule has 0 radical (unpaired) electrons. The van der Waals surface area contributed by atoms with E-state index in [4.69, 9.17) is 11.6 Å². The van der Waals surface area contributed by atoms with Gasteiger partial charge in [-0.15, -0.1) is 0 Å². The average Bonchev–Trinajstić information content (AvgIpc) is 2.33. The molecule has 0 aliphatic rings. The zero-order chi connectivity index (χ0) is 13.8. The summed E-state index contributed by atoms with van der Waals surface area (Å²) in [6.07, 6.45) is 0.327. The Balaban J connectivity index is 2.05. The largest absolute Gasteiger partial charge is 0.326 e. The highest BCUT2D eigenvalue weighted by molar-refractivity contribution is 6.30. The normalized spacial score (nSPS) is 10.3. The molecule has 2 nitrogen and oxygen atoms in total. The Bertz CT molecular complexity index is 607. The lowest BCUT2D eigenvalue weighted by molar-refractivity contribution is -0.115. The Morgan fingerprint density at radius 2 is 1.95 bits per heavy atom. The van der Waals surface area contributed by atoms with Crippen molar-refractivity contribution in [2.75, 3.05) is 5.32 Å². The van der Waals surface area contributed by atoms with Gasteiger partial charge in [0, 0.05) is 10.7 Å². The Morgan fingerprint density at radius 3 is 2.63 bits per heavy atom. The zero-order valence-electron chi connectivity index (χ0n) is 11.0. The van der Waals surface area contributed by atoms with E-state index in [1.807, 2.05) is 44.2 Å². The van der Waals surface area contributed by atoms with Gasteiger partial charge < -0.3 is 5.32 Å². The van der Waals surface area contributed by atoms with Crippen LogP contribution in [-0.4, -0.2) is 5.91 Å². The molecule has 0 fully saturated rings. The summed E-state index contributed by atoms with van der Waals surface area (Å²) in [5.74, 6) is -0.0331. The quantitative estimate of drug-likeness (QED) is 0.895. The number of benzene rings is 2. The number of hydrogen-bond acceptors (Lipinski definition) is 1. The summed E-state index contributed by atoms with van der Waals surface area (Å²) in [6.45, 7) is 4.02. The van der Waals surface area contributed by atoms with Gasteiger partial charge in [-0.05, 0) is 43.2 Å². The van der Waals surface area contributed by atoms with E-state index < -0.39 is 0 Å². The Labute approximate surface area is 118 Å². The SMILES string of the molecule is Cc1ccc(NC(=O)Cc2cccc(Cl)c2)c(C)c1. The van der Waals surface area contributed by atoms with Crippen molar-refractivity contribution < 1.29 is 4.79 Å². The summed E-state index contributed by atoms with van der Waals surface area (Å²) in [6, 6.07) is 13.3. The minimum atomic E-state index is -0.0331. The predicted octanol–water partition coefficient (Wildman–Crippen LogP) is 4.14. The molecule has 0 bridgehead atoms. The van der Waals surface area contributed by atoms with E-state index in [9.17, 15) is 4.79 Å². The number of carbonyl (C=O) groups excluding carboxylic acids is 1. The third-order valence-corrected chi connectivity index (χ3v) is 3.14. The Kier molecular flexibility index (Phi) is 4.23. The number of aryl methyl sites for hydroxylation is 2. The number of hydrogen-bond donors (Lipinski definition) is 1. The maximum absolute atomic E-state index is 12.0. The summed E-state index contributed by atoms with van der Waals surface area (Å²) >= 11 is 5.90. The Morgan fingerprint density at radius 1 is 1.16 bits per heavy atom. The van der Waals surface area contributed by atoms with Crippen molar-refractivity contribution in [3.8, 4) is 0 Å². The maximum atomic E-state index is 12.0. The first-order chi connectivity index (χ1) is 9.04. The van der Waals surface area contributed by atoms with Crippen molar-refractivity contribution in [2.45, 2.75) is 20.3 Å². The third-order valence-electron chi connectivity index (χ3n) is 2.91. The number of nitrogens with one attached hydrogen (secondary N) is 1. The van der Waals surface area contributed by atoms with Crippen molar-refractivity contribution in [2.24, 2.45) is 0 Å². The van der Waals surface area contributed by atoms with Crippen LogP contribution in [0.5, 0.6) is 0 Å². The van der Waals surface area contributed by atoms with Crippen LogP contribution in [0.15, 0.2) is 42.5 Å². The summed E-state index contributed by atoms with van der Waals surface area (Å²) in [7, 11) is 0. The fraction of sp³-hybridized carbons (Fsp3) is 0.188. The van der Waals surface area contributed by atoms with E-state index >= 15 is 0 Å². The minimum absolute atomic E-state index is 0.0331. The van der Waals surface area contributed by atoms with Gasteiger partial charge in [0.15, 0.2) is 0 Å². The van der Waals surface area contributed by atoms with Gasteiger partial charge in [0.25, 0.3) is 0 Å². The second-order valence-corrected chi connectivity index (χ2v) is 5.11. The van der Waals surface area contributed by atoms with Crippen LogP contribution < -0.4 is 5.32 Å². The van der Waals surface area contributed by atoms with Crippen LogP contribution in [0.25, 0.3) is 0 Å². The van der Waals surface area contributed by atoms with E-state index in [1.165, 1.54) is 5.56 Å². The van der Waals surface area contributed by atoms with Gasteiger partial charge in [-0.3, -0.25) is 4.79 Å². The lowest BCUT2D eigenvalue weighted by Gasteiger charge is -2.09. The van der Waals surface area contributed by atoms with Gasteiger partial charge in [-0.25, -0.2) is 0 Å². The van der Waals surface area contributed by atoms with Crippen LogP contribution in [0.4, 0.5) is 5.69 Å². The fourth-order valence-corrected chi connectivity index (χ4v) is 2.19. The summed E-state index contributed by atoms with van der Waals surface area (Å²) in [5.41, 5.74) is 4.03. The highest BCUT2D eigenvalue weighted by atomic mass is 35.5. The van der Waals surface area contributed by atoms with E-state index in [0.29, 0.717) is 11.4 Å². The molecular weight excluding hydrogens is 258 g/mol. The predicted molar refractivity (Wildman–Crippen MR) is 79.7 cm³/mol. The minimum Gasteiger partial charge on any atom is -0.326 e. The zero-order valence-corrected chi connectivity index (χ0v) is 11.8. The number of rotatable bonds is 3. The highest BCUT2D eigenvalue weighted by Gasteiger charge is 2.06. The second-order valence-electron chi connectivity index (χ2n) is 4.67. The summed E-state index contributed by atoms with van der Waals surface area (Å²) in [4.78, 5) is 12.0. The first-order valence-corrected chi connectivity index (χ1v) is 6.54.